The Morgan fingerprint density at radius 1 is 1.82 bits per heavy atom. The van der Waals surface area contributed by atoms with Gasteiger partial charge in [-0.15, -0.1) is 0 Å². The predicted molar refractivity (Wildman–Crippen MR) is 58.1 cm³/mol. The van der Waals surface area contributed by atoms with Crippen molar-refractivity contribution >= 4 is 62.2 Å². The number of halogens is 3. The van der Waals surface area contributed by atoms with E-state index in [1.54, 1.807) is 4.45 Å². The molecule has 0 N–H and O–H groups in total. The predicted octanol–water partition coefficient (Wildman–Crippen LogP) is 2.90. The number of nitrogens with zero attached hydrogens (tertiary/aromatic N) is 2. The highest BCUT2D eigenvalue weighted by Crippen LogP contribution is 2.33. The molecule has 0 spiro atoms. The number of carbonyl (C=O) groups excluding carboxylic acids is 1. The van der Waals surface area contributed by atoms with Gasteiger partial charge < -0.3 is 0 Å². The molecule has 0 saturated heterocycles. The van der Waals surface area contributed by atoms with Crippen molar-refractivity contribution in [2.45, 2.75) is 0 Å². The van der Waals surface area contributed by atoms with Crippen molar-refractivity contribution < 1.29 is 4.79 Å². The molecular weight excluding hydrogens is 365 g/mol. The number of aldehydes is 1. The van der Waals surface area contributed by atoms with E-state index >= 15 is 0 Å². The van der Waals surface area contributed by atoms with E-state index in [1.165, 1.54) is 0 Å². The van der Waals surface area contributed by atoms with Crippen LogP contribution in [0.2, 0.25) is 5.02 Å². The van der Waals surface area contributed by atoms with E-state index in [-0.39, 0.29) is 5.69 Å². The summed E-state index contributed by atoms with van der Waals surface area (Å²) in [6.45, 7) is 0. The minimum absolute atomic E-state index is 0.280. The molecule has 11 heavy (non-hydrogen) atoms. The van der Waals surface area contributed by atoms with E-state index in [2.05, 4.69) is 43.1 Å². The Kier molecular flexibility index (Phi) is 3.74. The molecule has 1 aromatic heterocycles. The zero-order valence-corrected chi connectivity index (χ0v) is 10.5. The highest BCUT2D eigenvalue weighted by Gasteiger charge is 2.11. The topological polar surface area (TPSA) is 34.9 Å². The molecule has 0 aliphatic rings. The minimum Gasteiger partial charge on any atom is -0.296 e. The Labute approximate surface area is 91.3 Å². The monoisotopic (exact) mass is 366 g/mol. The summed E-state index contributed by atoms with van der Waals surface area (Å²) in [7, 11) is 0. The van der Waals surface area contributed by atoms with Crippen LogP contribution < -0.4 is 0 Å². The molecule has 0 fully saturated rings. The molecule has 0 saturated carbocycles. The number of carbonyl (C=O) groups is 1. The van der Waals surface area contributed by atoms with Gasteiger partial charge in [0.2, 0.25) is 0 Å². The molecule has 1 heterocycles. The molecule has 1 aromatic rings. The fourth-order valence-electron chi connectivity index (χ4n) is 0.525. The van der Waals surface area contributed by atoms with Crippen LogP contribution in [0.1, 0.15) is 10.5 Å². The Morgan fingerprint density at radius 2 is 2.45 bits per heavy atom. The molecule has 0 aliphatic heterocycles. The summed E-state index contributed by atoms with van der Waals surface area (Å²) in [6.07, 6.45) is 1.07. The molecule has 60 valence electrons. The van der Waals surface area contributed by atoms with Gasteiger partial charge in [0.05, 0.1) is 6.37 Å². The van der Waals surface area contributed by atoms with Crippen LogP contribution in [-0.4, -0.2) is 15.8 Å². The highest BCUT2D eigenvalue weighted by molar-refractivity contribution is 14.2. The number of aromatic nitrogens is 2. The van der Waals surface area contributed by atoms with Gasteiger partial charge in [-0.1, -0.05) is 11.6 Å². The maximum atomic E-state index is 10.3. The van der Waals surface area contributed by atoms with Crippen LogP contribution in [0.3, 0.4) is 0 Å². The van der Waals surface area contributed by atoms with Crippen LogP contribution >= 0.6 is 55.9 Å². The van der Waals surface area contributed by atoms with Gasteiger partial charge in [0.1, 0.15) is 15.3 Å². The third-order valence-electron chi connectivity index (χ3n) is 0.991. The van der Waals surface area contributed by atoms with Crippen molar-refractivity contribution in [3.8, 4) is 0 Å². The molecule has 3 nitrogen and oxygen atoms in total. The first-order valence-corrected chi connectivity index (χ1v) is 7.69. The second-order valence-corrected chi connectivity index (χ2v) is 4.77. The summed E-state index contributed by atoms with van der Waals surface area (Å²) in [5.74, 6) is 0. The van der Waals surface area contributed by atoms with Gasteiger partial charge in [-0.05, 0) is 38.0 Å². The zero-order valence-electron chi connectivity index (χ0n) is 5.01. The first-order valence-electron chi connectivity index (χ1n) is 2.46. The zero-order chi connectivity index (χ0) is 8.43. The van der Waals surface area contributed by atoms with Crippen molar-refractivity contribution in [2.75, 3.05) is 0 Å². The van der Waals surface area contributed by atoms with Gasteiger partial charge in [0.15, 0.2) is 6.29 Å². The second kappa shape index (κ2) is 4.16. The molecule has 0 radical (unpaired) electrons. The summed E-state index contributed by atoms with van der Waals surface area (Å²) in [5.41, 5.74) is 0.280. The van der Waals surface area contributed by atoms with Crippen molar-refractivity contribution in [3.63, 3.8) is 0 Å². The third kappa shape index (κ3) is 1.94. The summed E-state index contributed by atoms with van der Waals surface area (Å²) in [4.78, 5) is 10.3. The number of rotatable bonds is 2. The largest absolute Gasteiger partial charge is 0.296 e. The van der Waals surface area contributed by atoms with Crippen LogP contribution in [0.15, 0.2) is 4.60 Å². The van der Waals surface area contributed by atoms with Gasteiger partial charge in [-0.25, -0.2) is 4.45 Å². The summed E-state index contributed by atoms with van der Waals surface area (Å²) < 4.78 is 2.29. The maximum Gasteiger partial charge on any atom is 0.171 e. The Balaban J connectivity index is 3.22. The van der Waals surface area contributed by atoms with Crippen molar-refractivity contribution in [3.05, 3.63) is 15.3 Å². The Morgan fingerprint density at radius 3 is 2.73 bits per heavy atom. The van der Waals surface area contributed by atoms with Crippen molar-refractivity contribution in [1.29, 1.82) is 0 Å². The molecule has 1 rings (SSSR count). The quantitative estimate of drug-likeness (QED) is 0.458. The Bertz CT molecular complexity index is 292. The van der Waals surface area contributed by atoms with Crippen LogP contribution in [0, 0.1) is 0 Å². The van der Waals surface area contributed by atoms with Gasteiger partial charge >= 0.3 is 0 Å². The lowest BCUT2D eigenvalue weighted by atomic mass is 10.5. The van der Waals surface area contributed by atoms with Gasteiger partial charge in [-0.3, -0.25) is 4.79 Å². The summed E-state index contributed by atoms with van der Waals surface area (Å²) >= 11 is 11.1. The highest BCUT2D eigenvalue weighted by atomic mass is 127. The first kappa shape index (κ1) is 9.89. The third-order valence-corrected chi connectivity index (χ3v) is 4.51. The van der Waals surface area contributed by atoms with Crippen LogP contribution in [0.25, 0.3) is 0 Å². The van der Waals surface area contributed by atoms with Crippen LogP contribution in [0.4, 0.5) is 0 Å². The fraction of sp³-hybridized carbons (Fsp3) is 0. The van der Waals surface area contributed by atoms with E-state index in [4.69, 9.17) is 11.6 Å². The molecule has 0 aromatic carbocycles. The lowest BCUT2D eigenvalue weighted by molar-refractivity contribution is 0.111. The van der Waals surface area contributed by atoms with E-state index in [0.29, 0.717) is 22.3 Å². The Hall–Kier alpha value is 0.810. The van der Waals surface area contributed by atoms with Crippen LogP contribution in [-0.2, 0) is 0 Å². The molecular formula is C4H2BrClIN2OP. The second-order valence-electron chi connectivity index (χ2n) is 1.60. The molecule has 0 aliphatic carbocycles. The molecule has 7 heteroatoms. The van der Waals surface area contributed by atoms with E-state index in [0.717, 1.165) is 0 Å². The van der Waals surface area contributed by atoms with Crippen molar-refractivity contribution in [1.82, 2.24) is 9.55 Å². The smallest absolute Gasteiger partial charge is 0.171 e. The van der Waals surface area contributed by atoms with Gasteiger partial charge in [0, 0.05) is 0 Å². The van der Waals surface area contributed by atoms with Crippen molar-refractivity contribution in [2.24, 2.45) is 0 Å². The first-order chi connectivity index (χ1) is 5.20. The SMILES string of the molecule is O=Cc1nn(PI)c(Br)c1Cl. The molecule has 0 amide bonds. The van der Waals surface area contributed by atoms with E-state index < -0.39 is 0 Å². The normalized spacial score (nSPS) is 11.2. The molecule has 1 atom stereocenters. The lowest BCUT2D eigenvalue weighted by Gasteiger charge is -1.92. The lowest BCUT2D eigenvalue weighted by Crippen LogP contribution is -1.84. The maximum absolute atomic E-state index is 10.3. The standard InChI is InChI=1S/C4H2BrClIN2OP/c5-4-3(6)2(1-10)8-9(4)11-7/h1,11H. The summed E-state index contributed by atoms with van der Waals surface area (Å²) in [5, 5.41) is 4.30. The average molecular weight is 367 g/mol. The average Bonchev–Trinajstić information content (AvgIpc) is 2.30. The summed E-state index contributed by atoms with van der Waals surface area (Å²) in [6, 6.07) is 0. The van der Waals surface area contributed by atoms with E-state index in [1.807, 2.05) is 0 Å². The molecule has 1 unspecified atom stereocenters. The van der Waals surface area contributed by atoms with Crippen LogP contribution in [0.5, 0.6) is 0 Å². The van der Waals surface area contributed by atoms with Gasteiger partial charge in [-0.2, -0.15) is 5.10 Å². The molecule has 0 bridgehead atoms. The fourth-order valence-corrected chi connectivity index (χ4v) is 3.68. The van der Waals surface area contributed by atoms with Gasteiger partial charge in [0.25, 0.3) is 0 Å². The number of hydrogen-bond donors (Lipinski definition) is 0. The van der Waals surface area contributed by atoms with E-state index in [9.17, 15) is 4.79 Å². The minimum atomic E-state index is 0.280. The number of hydrogen-bond acceptors (Lipinski definition) is 2.